The molecule has 6 rings (SSSR count). The Hall–Kier alpha value is -4.99. The lowest BCUT2D eigenvalue weighted by atomic mass is 10.0. The summed E-state index contributed by atoms with van der Waals surface area (Å²) in [6.45, 7) is 1.86. The molecule has 0 N–H and O–H groups in total. The Kier molecular flexibility index (Phi) is 8.38. The van der Waals surface area contributed by atoms with Gasteiger partial charge in [0.15, 0.2) is 0 Å². The van der Waals surface area contributed by atoms with Crippen LogP contribution in [0.25, 0.3) is 11.3 Å². The zero-order valence-corrected chi connectivity index (χ0v) is 25.5. The second-order valence-electron chi connectivity index (χ2n) is 11.2. The number of ether oxygens (including phenoxy) is 2. The summed E-state index contributed by atoms with van der Waals surface area (Å²) in [4.78, 5) is 36.9. The molecule has 0 unspecified atom stereocenters. The molecule has 0 spiro atoms. The molecule has 8 nitrogen and oxygen atoms in total. The number of methoxy groups -OCH3 is 2. The molecule has 1 fully saturated rings. The number of pyridine rings is 1. The molecule has 232 valence electrons. The topological polar surface area (TPSA) is 75.2 Å². The van der Waals surface area contributed by atoms with Crippen LogP contribution in [-0.2, 0) is 13.1 Å². The number of rotatable bonds is 8. The molecule has 10 heteroatoms. The summed E-state index contributed by atoms with van der Waals surface area (Å²) in [6.07, 6.45) is 3.13. The van der Waals surface area contributed by atoms with Gasteiger partial charge >= 0.3 is 0 Å². The lowest BCUT2D eigenvalue weighted by Crippen LogP contribution is -2.35. The van der Waals surface area contributed by atoms with Crippen molar-refractivity contribution in [2.24, 2.45) is 0 Å². The van der Waals surface area contributed by atoms with E-state index in [1.807, 2.05) is 23.1 Å². The van der Waals surface area contributed by atoms with Gasteiger partial charge in [0.1, 0.15) is 23.1 Å². The first-order chi connectivity index (χ1) is 21.8. The number of likely N-dealkylation sites (tertiary alicyclic amines) is 1. The van der Waals surface area contributed by atoms with Gasteiger partial charge in [-0.15, -0.1) is 0 Å². The minimum absolute atomic E-state index is 0.00852. The van der Waals surface area contributed by atoms with Gasteiger partial charge in [-0.05, 0) is 73.9 Å². The molecule has 2 amide bonds. The van der Waals surface area contributed by atoms with Crippen molar-refractivity contribution in [1.82, 2.24) is 14.8 Å². The van der Waals surface area contributed by atoms with Crippen LogP contribution in [0.15, 0.2) is 66.7 Å². The molecule has 1 saturated heterocycles. The Labute approximate surface area is 260 Å². The van der Waals surface area contributed by atoms with Crippen LogP contribution in [0.1, 0.15) is 51.2 Å². The minimum Gasteiger partial charge on any atom is -0.497 e. The van der Waals surface area contributed by atoms with Crippen molar-refractivity contribution >= 4 is 23.2 Å². The second-order valence-corrected chi connectivity index (χ2v) is 11.2. The Morgan fingerprint density at radius 3 is 2.29 bits per heavy atom. The quantitative estimate of drug-likeness (QED) is 0.223. The molecule has 2 aliphatic heterocycles. The molecular weight excluding hydrogens is 578 g/mol. The fraction of sp³-hybridized carbons (Fsp3) is 0.286. The fourth-order valence-corrected chi connectivity index (χ4v) is 6.04. The van der Waals surface area contributed by atoms with E-state index in [0.29, 0.717) is 39.7 Å². The zero-order chi connectivity index (χ0) is 31.7. The number of hydrogen-bond acceptors (Lipinski definition) is 6. The van der Waals surface area contributed by atoms with Gasteiger partial charge in [0.2, 0.25) is 0 Å². The first-order valence-electron chi connectivity index (χ1n) is 14.9. The van der Waals surface area contributed by atoms with Crippen molar-refractivity contribution in [3.05, 3.63) is 101 Å². The summed E-state index contributed by atoms with van der Waals surface area (Å²) in [5.74, 6) is -0.587. The third-order valence-electron chi connectivity index (χ3n) is 8.50. The molecule has 0 saturated carbocycles. The monoisotopic (exact) mass is 612 g/mol. The van der Waals surface area contributed by atoms with Gasteiger partial charge in [-0.3, -0.25) is 9.59 Å². The Bertz CT molecular complexity index is 1740. The third kappa shape index (κ3) is 5.80. The lowest BCUT2D eigenvalue weighted by Gasteiger charge is -2.27. The van der Waals surface area contributed by atoms with Crippen molar-refractivity contribution in [2.45, 2.75) is 32.4 Å². The van der Waals surface area contributed by atoms with Crippen LogP contribution in [-0.4, -0.2) is 61.0 Å². The number of fused-ring (bicyclic) bond motifs is 1. The van der Waals surface area contributed by atoms with E-state index in [4.69, 9.17) is 9.47 Å². The number of benzene rings is 3. The van der Waals surface area contributed by atoms with Gasteiger partial charge in [-0.25, -0.2) is 13.8 Å². The highest BCUT2D eigenvalue weighted by Gasteiger charge is 2.35. The molecule has 3 aromatic carbocycles. The number of carbonyl (C=O) groups is 2. The number of carbonyl (C=O) groups excluding carboxylic acids is 2. The van der Waals surface area contributed by atoms with Crippen molar-refractivity contribution < 1.29 is 27.8 Å². The first kappa shape index (κ1) is 30.1. The van der Waals surface area contributed by atoms with Gasteiger partial charge in [0, 0.05) is 43.0 Å². The van der Waals surface area contributed by atoms with Gasteiger partial charge in [-0.2, -0.15) is 0 Å². The number of nitrogens with zero attached hydrogens (tertiary/aromatic N) is 4. The van der Waals surface area contributed by atoms with Crippen LogP contribution in [0.3, 0.4) is 0 Å². The van der Waals surface area contributed by atoms with E-state index in [1.54, 1.807) is 61.4 Å². The summed E-state index contributed by atoms with van der Waals surface area (Å²) in [5, 5.41) is 0. The van der Waals surface area contributed by atoms with Crippen molar-refractivity contribution in [2.75, 3.05) is 39.3 Å². The maximum atomic E-state index is 15.0. The Balaban J connectivity index is 1.37. The fourth-order valence-electron chi connectivity index (χ4n) is 6.04. The van der Waals surface area contributed by atoms with E-state index in [0.717, 1.165) is 37.9 Å². The van der Waals surface area contributed by atoms with Crippen molar-refractivity contribution in [1.29, 1.82) is 0 Å². The molecule has 0 radical (unpaired) electrons. The van der Waals surface area contributed by atoms with Crippen molar-refractivity contribution in [3.63, 3.8) is 0 Å². The second kappa shape index (κ2) is 12.6. The number of anilines is 2. The molecule has 0 atom stereocenters. The number of piperidine rings is 1. The van der Waals surface area contributed by atoms with Crippen LogP contribution in [0.4, 0.5) is 20.2 Å². The van der Waals surface area contributed by atoms with Gasteiger partial charge < -0.3 is 24.2 Å². The van der Waals surface area contributed by atoms with Gasteiger partial charge in [-0.1, -0.05) is 6.07 Å². The SMILES string of the molecule is COc1ccc(CN2Cc3nc(-c4c(F)cccc4F)cc(N(C)c4ccc(C(=O)N5CCCCC5)cc4)c3C2=O)c(OC)c1. The molecule has 0 bridgehead atoms. The molecule has 3 heterocycles. The summed E-state index contributed by atoms with van der Waals surface area (Å²) in [6, 6.07) is 17.8. The molecular formula is C35H34F2N4O4. The largest absolute Gasteiger partial charge is 0.497 e. The normalized spacial score (nSPS) is 14.4. The van der Waals surface area contributed by atoms with Gasteiger partial charge in [0.05, 0.1) is 55.5 Å². The van der Waals surface area contributed by atoms with Gasteiger partial charge in [0.25, 0.3) is 11.8 Å². The average molecular weight is 613 g/mol. The van der Waals surface area contributed by atoms with E-state index in [-0.39, 0.29) is 36.2 Å². The van der Waals surface area contributed by atoms with E-state index >= 15 is 0 Å². The Morgan fingerprint density at radius 1 is 0.911 bits per heavy atom. The summed E-state index contributed by atoms with van der Waals surface area (Å²) in [5.41, 5.74) is 3.07. The van der Waals surface area contributed by atoms with E-state index in [2.05, 4.69) is 4.98 Å². The maximum absolute atomic E-state index is 15.0. The molecule has 1 aromatic heterocycles. The Morgan fingerprint density at radius 2 is 1.62 bits per heavy atom. The van der Waals surface area contributed by atoms with Crippen LogP contribution < -0.4 is 14.4 Å². The number of amides is 2. The highest BCUT2D eigenvalue weighted by atomic mass is 19.1. The molecule has 45 heavy (non-hydrogen) atoms. The summed E-state index contributed by atoms with van der Waals surface area (Å²) in [7, 11) is 4.89. The highest BCUT2D eigenvalue weighted by molar-refractivity contribution is 6.04. The van der Waals surface area contributed by atoms with E-state index in [1.165, 1.54) is 18.2 Å². The van der Waals surface area contributed by atoms with Crippen LogP contribution in [0.5, 0.6) is 11.5 Å². The predicted octanol–water partition coefficient (Wildman–Crippen LogP) is 6.59. The smallest absolute Gasteiger partial charge is 0.258 e. The van der Waals surface area contributed by atoms with E-state index in [9.17, 15) is 18.4 Å². The van der Waals surface area contributed by atoms with Crippen molar-refractivity contribution in [3.8, 4) is 22.8 Å². The standard InChI is InChI=1S/C35H34F2N4O4/c1-39(24-13-10-22(11-14-24)34(42)40-16-5-4-6-17-40)30-19-28(32-26(36)8-7-9-27(32)37)38-29-21-41(35(43)33(29)30)20-23-12-15-25(44-2)18-31(23)45-3/h7-15,18-19H,4-6,16-17,20-21H2,1-3H3. The van der Waals surface area contributed by atoms with E-state index < -0.39 is 11.6 Å². The third-order valence-corrected chi connectivity index (χ3v) is 8.50. The minimum atomic E-state index is -0.749. The molecule has 0 aliphatic carbocycles. The molecule has 4 aromatic rings. The number of halogens is 2. The van der Waals surface area contributed by atoms with Crippen LogP contribution in [0.2, 0.25) is 0 Å². The highest BCUT2D eigenvalue weighted by Crippen LogP contribution is 2.39. The predicted molar refractivity (Wildman–Crippen MR) is 167 cm³/mol. The zero-order valence-electron chi connectivity index (χ0n) is 25.5. The first-order valence-corrected chi connectivity index (χ1v) is 14.9. The average Bonchev–Trinajstić information content (AvgIpc) is 3.38. The summed E-state index contributed by atoms with van der Waals surface area (Å²) < 4.78 is 40.8. The number of aromatic nitrogens is 1. The maximum Gasteiger partial charge on any atom is 0.258 e. The summed E-state index contributed by atoms with van der Waals surface area (Å²) >= 11 is 0. The molecule has 2 aliphatic rings. The lowest BCUT2D eigenvalue weighted by molar-refractivity contribution is 0.0723. The van der Waals surface area contributed by atoms with Crippen LogP contribution >= 0.6 is 0 Å². The number of hydrogen-bond donors (Lipinski definition) is 0. The van der Waals surface area contributed by atoms with Crippen LogP contribution in [0, 0.1) is 11.6 Å².